The van der Waals surface area contributed by atoms with Crippen molar-refractivity contribution in [1.29, 1.82) is 0 Å². The first-order chi connectivity index (χ1) is 13.1. The van der Waals surface area contributed by atoms with Crippen LogP contribution in [0.2, 0.25) is 10.0 Å². The van der Waals surface area contributed by atoms with Gasteiger partial charge in [0.05, 0.1) is 25.3 Å². The van der Waals surface area contributed by atoms with Gasteiger partial charge in [-0.05, 0) is 6.07 Å². The van der Waals surface area contributed by atoms with Crippen molar-refractivity contribution in [2.24, 2.45) is 0 Å². The van der Waals surface area contributed by atoms with Crippen molar-refractivity contribution in [3.8, 4) is 0 Å². The van der Waals surface area contributed by atoms with Gasteiger partial charge in [0, 0.05) is 18.5 Å². The Balaban J connectivity index is 2.77. The maximum Gasteiger partial charge on any atom is 0.417 e. The monoisotopic (exact) mass is 474 g/mol. The molecule has 0 amide bonds. The topological polar surface area (TPSA) is 145 Å². The summed E-state index contributed by atoms with van der Waals surface area (Å²) in [7, 11) is -4.20. The van der Waals surface area contributed by atoms with Crippen LogP contribution in [0.5, 0.6) is 0 Å². The summed E-state index contributed by atoms with van der Waals surface area (Å²) < 4.78 is 61.6. The first-order valence-electron chi connectivity index (χ1n) is 6.99. The minimum absolute atomic E-state index is 0.346. The van der Waals surface area contributed by atoms with Crippen LogP contribution in [0.3, 0.4) is 0 Å². The number of alkyl halides is 3. The normalized spacial score (nSPS) is 11.9. The number of halogens is 5. The number of hydrogen-bond donors (Lipinski definition) is 1. The minimum Gasteiger partial charge on any atom is -0.328 e. The Hall–Kier alpha value is -2.71. The Morgan fingerprint density at radius 2 is 1.72 bits per heavy atom. The fourth-order valence-electron chi connectivity index (χ4n) is 2.12. The molecule has 1 N–H and O–H groups in total. The molecule has 1 aromatic heterocycles. The van der Waals surface area contributed by atoms with Gasteiger partial charge in [0.1, 0.15) is 10.8 Å². The van der Waals surface area contributed by atoms with Gasteiger partial charge in [0.15, 0.2) is 15.5 Å². The Morgan fingerprint density at radius 3 is 2.14 bits per heavy atom. The van der Waals surface area contributed by atoms with Crippen LogP contribution in [0.25, 0.3) is 0 Å². The predicted octanol–water partition coefficient (Wildman–Crippen LogP) is 4.37. The van der Waals surface area contributed by atoms with E-state index in [0.29, 0.717) is 24.6 Å². The van der Waals surface area contributed by atoms with Crippen LogP contribution in [-0.2, 0) is 16.0 Å². The fraction of sp³-hybridized carbons (Fsp3) is 0.154. The highest BCUT2D eigenvalue weighted by atomic mass is 35.5. The van der Waals surface area contributed by atoms with Crippen molar-refractivity contribution in [2.75, 3.05) is 11.6 Å². The zero-order valence-electron chi connectivity index (χ0n) is 13.8. The summed E-state index contributed by atoms with van der Waals surface area (Å²) in [5, 5.41) is 23.3. The lowest BCUT2D eigenvalue weighted by molar-refractivity contribution is -0.392. The van der Waals surface area contributed by atoms with Gasteiger partial charge in [-0.25, -0.2) is 13.4 Å². The largest absolute Gasteiger partial charge is 0.417 e. The van der Waals surface area contributed by atoms with Crippen molar-refractivity contribution in [3.05, 3.63) is 54.2 Å². The number of pyridine rings is 1. The smallest absolute Gasteiger partial charge is 0.328 e. The predicted molar refractivity (Wildman–Crippen MR) is 95.4 cm³/mol. The molecule has 0 aliphatic heterocycles. The molecule has 156 valence electrons. The second-order valence-corrected chi connectivity index (χ2v) is 8.16. The van der Waals surface area contributed by atoms with Gasteiger partial charge in [-0.15, -0.1) is 0 Å². The lowest BCUT2D eigenvalue weighted by atomic mass is 10.2. The first-order valence-corrected chi connectivity index (χ1v) is 9.64. The maximum atomic E-state index is 12.7. The van der Waals surface area contributed by atoms with Crippen LogP contribution in [0.1, 0.15) is 5.56 Å². The number of anilines is 2. The molecule has 2 rings (SSSR count). The maximum absolute atomic E-state index is 12.7. The van der Waals surface area contributed by atoms with Gasteiger partial charge >= 0.3 is 17.6 Å². The third-order valence-corrected chi connectivity index (χ3v) is 5.28. The fourth-order valence-corrected chi connectivity index (χ4v) is 3.72. The van der Waals surface area contributed by atoms with E-state index in [1.807, 2.05) is 0 Å². The zero-order valence-corrected chi connectivity index (χ0v) is 16.1. The molecule has 0 atom stereocenters. The highest BCUT2D eigenvalue weighted by Gasteiger charge is 2.36. The summed E-state index contributed by atoms with van der Waals surface area (Å²) in [6.45, 7) is 0. The summed E-state index contributed by atoms with van der Waals surface area (Å²) >= 11 is 11.5. The number of nitro benzene ring substituents is 2. The third kappa shape index (κ3) is 4.65. The average molecular weight is 475 g/mol. The molecule has 29 heavy (non-hydrogen) atoms. The van der Waals surface area contributed by atoms with E-state index < -0.39 is 69.2 Å². The average Bonchev–Trinajstić information content (AvgIpc) is 2.53. The van der Waals surface area contributed by atoms with Crippen LogP contribution < -0.4 is 5.32 Å². The van der Waals surface area contributed by atoms with Gasteiger partial charge in [0.25, 0.3) is 0 Å². The van der Waals surface area contributed by atoms with Crippen molar-refractivity contribution in [1.82, 2.24) is 4.98 Å². The van der Waals surface area contributed by atoms with E-state index in [-0.39, 0.29) is 0 Å². The Kier molecular flexibility index (Phi) is 5.92. The van der Waals surface area contributed by atoms with Crippen molar-refractivity contribution in [3.63, 3.8) is 0 Å². The Morgan fingerprint density at radius 1 is 1.14 bits per heavy atom. The molecule has 0 unspecified atom stereocenters. The Bertz CT molecular complexity index is 1140. The highest BCUT2D eigenvalue weighted by molar-refractivity contribution is 7.90. The van der Waals surface area contributed by atoms with Crippen LogP contribution >= 0.6 is 23.2 Å². The lowest BCUT2D eigenvalue weighted by Gasteiger charge is -2.13. The number of sulfone groups is 1. The molecule has 0 saturated carbocycles. The summed E-state index contributed by atoms with van der Waals surface area (Å²) in [6.07, 6.45) is -3.81. The number of rotatable bonds is 5. The second-order valence-electron chi connectivity index (χ2n) is 5.39. The van der Waals surface area contributed by atoms with Crippen molar-refractivity contribution < 1.29 is 31.4 Å². The number of hydrogen-bond acceptors (Lipinski definition) is 8. The molecule has 10 nitrogen and oxygen atoms in total. The molecule has 16 heteroatoms. The molecule has 0 spiro atoms. The molecule has 1 aromatic carbocycles. The number of aromatic nitrogens is 1. The zero-order chi connectivity index (χ0) is 22.3. The Labute approximate surface area is 169 Å². The van der Waals surface area contributed by atoms with Crippen molar-refractivity contribution >= 4 is 55.9 Å². The molecule has 0 fully saturated rings. The molecule has 0 bridgehead atoms. The van der Waals surface area contributed by atoms with Gasteiger partial charge in [0.2, 0.25) is 0 Å². The van der Waals surface area contributed by atoms with E-state index in [2.05, 4.69) is 10.3 Å². The molecule has 0 aliphatic carbocycles. The third-order valence-electron chi connectivity index (χ3n) is 3.38. The number of benzene rings is 1. The standard InChI is InChI=1S/C13H7Cl2F3N4O6S/c1-29(27,28)8-3-7(21(23)24)10(11(9(8)15)22(25)26)20-12-6(14)2-5(4-19-12)13(16,17)18/h2-4H,1H3,(H,19,20). The summed E-state index contributed by atoms with van der Waals surface area (Å²) in [5.74, 6) is -0.589. The van der Waals surface area contributed by atoms with Gasteiger partial charge in [-0.3, -0.25) is 20.2 Å². The van der Waals surface area contributed by atoms with Crippen LogP contribution in [0.4, 0.5) is 36.1 Å². The van der Waals surface area contributed by atoms with E-state index >= 15 is 0 Å². The quantitative estimate of drug-likeness (QED) is 0.496. The van der Waals surface area contributed by atoms with Crippen LogP contribution in [0.15, 0.2) is 23.2 Å². The molecular formula is C13H7Cl2F3N4O6S. The van der Waals surface area contributed by atoms with E-state index in [9.17, 15) is 41.8 Å². The van der Waals surface area contributed by atoms with Crippen LogP contribution in [-0.4, -0.2) is 29.5 Å². The van der Waals surface area contributed by atoms with Gasteiger partial charge in [-0.2, -0.15) is 13.2 Å². The lowest BCUT2D eigenvalue weighted by Crippen LogP contribution is -2.09. The van der Waals surface area contributed by atoms with E-state index in [1.165, 1.54) is 0 Å². The molecular weight excluding hydrogens is 468 g/mol. The SMILES string of the molecule is CS(=O)(=O)c1cc([N+](=O)[O-])c(Nc2ncc(C(F)(F)F)cc2Cl)c([N+](=O)[O-])c1Cl. The summed E-state index contributed by atoms with van der Waals surface area (Å²) in [5.41, 5.74) is -4.42. The molecule has 2 aromatic rings. The van der Waals surface area contributed by atoms with Crippen LogP contribution in [0, 0.1) is 20.2 Å². The number of nitro groups is 2. The van der Waals surface area contributed by atoms with E-state index in [0.717, 1.165) is 0 Å². The minimum atomic E-state index is -4.78. The van der Waals surface area contributed by atoms with Gasteiger partial charge < -0.3 is 5.32 Å². The second kappa shape index (κ2) is 7.61. The van der Waals surface area contributed by atoms with E-state index in [1.54, 1.807) is 0 Å². The number of nitrogens with one attached hydrogen (secondary N) is 1. The highest BCUT2D eigenvalue weighted by Crippen LogP contribution is 2.45. The summed E-state index contributed by atoms with van der Waals surface area (Å²) in [6, 6.07) is 0.923. The van der Waals surface area contributed by atoms with Gasteiger partial charge in [-0.1, -0.05) is 23.2 Å². The van der Waals surface area contributed by atoms with E-state index in [4.69, 9.17) is 23.2 Å². The molecule has 0 saturated heterocycles. The molecule has 0 radical (unpaired) electrons. The number of nitrogens with zero attached hydrogens (tertiary/aromatic N) is 3. The molecule has 0 aliphatic rings. The van der Waals surface area contributed by atoms with Crippen molar-refractivity contribution in [2.45, 2.75) is 11.1 Å². The summed E-state index contributed by atoms with van der Waals surface area (Å²) in [4.78, 5) is 22.9. The first kappa shape index (κ1) is 22.6. The molecule has 1 heterocycles.